The van der Waals surface area contributed by atoms with Crippen LogP contribution in [0.3, 0.4) is 0 Å². The van der Waals surface area contributed by atoms with Crippen molar-refractivity contribution in [1.29, 1.82) is 0 Å². The molecule has 23 heavy (non-hydrogen) atoms. The third kappa shape index (κ3) is 4.76. The predicted molar refractivity (Wildman–Crippen MR) is 91.7 cm³/mol. The lowest BCUT2D eigenvalue weighted by molar-refractivity contribution is -0.113. The number of benzene rings is 2. The molecule has 1 amide bonds. The fourth-order valence-electron chi connectivity index (χ4n) is 1.99. The van der Waals surface area contributed by atoms with E-state index in [-0.39, 0.29) is 0 Å². The molecule has 4 nitrogen and oxygen atoms in total. The van der Waals surface area contributed by atoms with E-state index in [1.807, 2.05) is 31.2 Å². The molecule has 0 unspecified atom stereocenters. The SMILES string of the molecule is COc1cc(/C=C/C(N)=O)cc(Cl)c1OCc1ccc(C)cc1. The number of hydrogen-bond donors (Lipinski definition) is 1. The summed E-state index contributed by atoms with van der Waals surface area (Å²) in [5, 5.41) is 0.403. The largest absolute Gasteiger partial charge is 0.493 e. The summed E-state index contributed by atoms with van der Waals surface area (Å²) in [5.74, 6) is 0.430. The van der Waals surface area contributed by atoms with Gasteiger partial charge in [-0.2, -0.15) is 0 Å². The molecule has 0 aliphatic heterocycles. The van der Waals surface area contributed by atoms with Crippen molar-refractivity contribution in [3.8, 4) is 11.5 Å². The average molecular weight is 332 g/mol. The smallest absolute Gasteiger partial charge is 0.241 e. The van der Waals surface area contributed by atoms with E-state index in [0.717, 1.165) is 5.56 Å². The Morgan fingerprint density at radius 1 is 1.26 bits per heavy atom. The summed E-state index contributed by atoms with van der Waals surface area (Å²) in [6.45, 7) is 2.41. The number of methoxy groups -OCH3 is 1. The number of amides is 1. The van der Waals surface area contributed by atoms with Crippen molar-refractivity contribution in [2.45, 2.75) is 13.5 Å². The third-order valence-electron chi connectivity index (χ3n) is 3.20. The lowest BCUT2D eigenvalue weighted by Gasteiger charge is -2.13. The molecular weight excluding hydrogens is 314 g/mol. The molecule has 0 aliphatic carbocycles. The van der Waals surface area contributed by atoms with E-state index >= 15 is 0 Å². The van der Waals surface area contributed by atoms with Crippen LogP contribution in [0.25, 0.3) is 6.08 Å². The van der Waals surface area contributed by atoms with Crippen LogP contribution in [0.2, 0.25) is 5.02 Å². The van der Waals surface area contributed by atoms with Gasteiger partial charge in [-0.3, -0.25) is 4.79 Å². The molecule has 5 heteroatoms. The van der Waals surface area contributed by atoms with Crippen LogP contribution in [0.4, 0.5) is 0 Å². The van der Waals surface area contributed by atoms with Crippen molar-refractivity contribution in [1.82, 2.24) is 0 Å². The molecule has 120 valence electrons. The van der Waals surface area contributed by atoms with E-state index in [2.05, 4.69) is 0 Å². The molecule has 0 aromatic heterocycles. The van der Waals surface area contributed by atoms with Gasteiger partial charge >= 0.3 is 0 Å². The molecule has 0 aliphatic rings. The average Bonchev–Trinajstić information content (AvgIpc) is 2.53. The summed E-state index contributed by atoms with van der Waals surface area (Å²) < 4.78 is 11.1. The first-order valence-corrected chi connectivity index (χ1v) is 7.41. The molecule has 2 rings (SSSR count). The minimum atomic E-state index is -0.528. The second-order valence-electron chi connectivity index (χ2n) is 5.04. The lowest BCUT2D eigenvalue weighted by Crippen LogP contribution is -2.05. The fourth-order valence-corrected chi connectivity index (χ4v) is 2.27. The first-order chi connectivity index (χ1) is 11.0. The lowest BCUT2D eigenvalue weighted by atomic mass is 10.1. The molecule has 0 fully saturated rings. The monoisotopic (exact) mass is 331 g/mol. The first kappa shape index (κ1) is 16.9. The zero-order valence-electron chi connectivity index (χ0n) is 13.0. The number of halogens is 1. The number of aryl methyl sites for hydroxylation is 1. The number of primary amides is 1. The maximum atomic E-state index is 10.8. The number of hydrogen-bond acceptors (Lipinski definition) is 3. The summed E-state index contributed by atoms with van der Waals surface area (Å²) in [4.78, 5) is 10.8. The van der Waals surface area contributed by atoms with Crippen molar-refractivity contribution >= 4 is 23.6 Å². The van der Waals surface area contributed by atoms with Gasteiger partial charge in [0.1, 0.15) is 6.61 Å². The van der Waals surface area contributed by atoms with Crippen molar-refractivity contribution in [3.05, 3.63) is 64.2 Å². The number of carbonyl (C=O) groups is 1. The Bertz CT molecular complexity index is 724. The van der Waals surface area contributed by atoms with E-state index in [4.69, 9.17) is 26.8 Å². The molecule has 2 N–H and O–H groups in total. The van der Waals surface area contributed by atoms with E-state index in [1.54, 1.807) is 18.2 Å². The Labute approximate surface area is 140 Å². The maximum Gasteiger partial charge on any atom is 0.241 e. The maximum absolute atomic E-state index is 10.8. The van der Waals surface area contributed by atoms with Crippen LogP contribution in [-0.4, -0.2) is 13.0 Å². The van der Waals surface area contributed by atoms with Gasteiger partial charge in [0.05, 0.1) is 12.1 Å². The van der Waals surface area contributed by atoms with Gasteiger partial charge in [0.15, 0.2) is 11.5 Å². The van der Waals surface area contributed by atoms with E-state index in [9.17, 15) is 4.79 Å². The van der Waals surface area contributed by atoms with Gasteiger partial charge in [0.2, 0.25) is 5.91 Å². The topological polar surface area (TPSA) is 61.5 Å². The Morgan fingerprint density at radius 3 is 2.57 bits per heavy atom. The summed E-state index contributed by atoms with van der Waals surface area (Å²) in [6, 6.07) is 11.5. The first-order valence-electron chi connectivity index (χ1n) is 7.03. The summed E-state index contributed by atoms with van der Waals surface area (Å²) in [5.41, 5.74) is 8.01. The van der Waals surface area contributed by atoms with Gasteiger partial charge in [-0.1, -0.05) is 41.4 Å². The minimum absolute atomic E-state index is 0.382. The molecule has 0 atom stereocenters. The van der Waals surface area contributed by atoms with Gasteiger partial charge in [0.25, 0.3) is 0 Å². The summed E-state index contributed by atoms with van der Waals surface area (Å²) in [7, 11) is 1.53. The van der Waals surface area contributed by atoms with E-state index in [0.29, 0.717) is 28.7 Å². The predicted octanol–water partition coefficient (Wildman–Crippen LogP) is 3.73. The number of nitrogens with two attached hydrogens (primary N) is 1. The second-order valence-corrected chi connectivity index (χ2v) is 5.45. The van der Waals surface area contributed by atoms with Crippen LogP contribution in [0.5, 0.6) is 11.5 Å². The van der Waals surface area contributed by atoms with E-state index < -0.39 is 5.91 Å². The highest BCUT2D eigenvalue weighted by atomic mass is 35.5. The standard InChI is InChI=1S/C18H18ClNO3/c1-12-3-5-13(6-4-12)11-23-18-15(19)9-14(7-8-17(20)21)10-16(18)22-2/h3-10H,11H2,1-2H3,(H2,20,21)/b8-7+. The molecular formula is C18H18ClNO3. The molecule has 0 radical (unpaired) electrons. The molecule has 2 aromatic rings. The molecule has 2 aromatic carbocycles. The number of rotatable bonds is 6. The highest BCUT2D eigenvalue weighted by Crippen LogP contribution is 2.37. The molecule has 0 heterocycles. The van der Waals surface area contributed by atoms with Crippen LogP contribution >= 0.6 is 11.6 Å². The van der Waals surface area contributed by atoms with Crippen LogP contribution in [0.15, 0.2) is 42.5 Å². The quantitative estimate of drug-likeness (QED) is 0.820. The van der Waals surface area contributed by atoms with Gasteiger partial charge in [0, 0.05) is 6.08 Å². The van der Waals surface area contributed by atoms with Gasteiger partial charge < -0.3 is 15.2 Å². The molecule has 0 saturated heterocycles. The van der Waals surface area contributed by atoms with Gasteiger partial charge in [-0.15, -0.1) is 0 Å². The van der Waals surface area contributed by atoms with Gasteiger partial charge in [-0.05, 0) is 36.3 Å². The third-order valence-corrected chi connectivity index (χ3v) is 3.48. The Morgan fingerprint density at radius 2 is 1.96 bits per heavy atom. The minimum Gasteiger partial charge on any atom is -0.493 e. The zero-order chi connectivity index (χ0) is 16.8. The van der Waals surface area contributed by atoms with Crippen molar-refractivity contribution in [2.75, 3.05) is 7.11 Å². The second kappa shape index (κ2) is 7.70. The Kier molecular flexibility index (Phi) is 5.66. The number of ether oxygens (including phenoxy) is 2. The Balaban J connectivity index is 2.20. The summed E-state index contributed by atoms with van der Waals surface area (Å²) in [6.07, 6.45) is 2.83. The highest BCUT2D eigenvalue weighted by Gasteiger charge is 2.11. The van der Waals surface area contributed by atoms with Crippen LogP contribution in [-0.2, 0) is 11.4 Å². The highest BCUT2D eigenvalue weighted by molar-refractivity contribution is 6.32. The zero-order valence-corrected chi connectivity index (χ0v) is 13.8. The normalized spacial score (nSPS) is 10.7. The van der Waals surface area contributed by atoms with Crippen molar-refractivity contribution in [2.24, 2.45) is 5.73 Å². The van der Waals surface area contributed by atoms with Crippen molar-refractivity contribution in [3.63, 3.8) is 0 Å². The molecule has 0 bridgehead atoms. The van der Waals surface area contributed by atoms with Crippen molar-refractivity contribution < 1.29 is 14.3 Å². The molecule has 0 saturated carbocycles. The van der Waals surface area contributed by atoms with Crippen LogP contribution in [0, 0.1) is 6.92 Å². The van der Waals surface area contributed by atoms with Crippen LogP contribution in [0.1, 0.15) is 16.7 Å². The van der Waals surface area contributed by atoms with Crippen LogP contribution < -0.4 is 15.2 Å². The van der Waals surface area contributed by atoms with E-state index in [1.165, 1.54) is 18.7 Å². The van der Waals surface area contributed by atoms with Gasteiger partial charge in [-0.25, -0.2) is 0 Å². The molecule has 0 spiro atoms. The number of carbonyl (C=O) groups excluding carboxylic acids is 1. The summed E-state index contributed by atoms with van der Waals surface area (Å²) >= 11 is 6.27. The fraction of sp³-hybridized carbons (Fsp3) is 0.167. The Hall–Kier alpha value is -2.46.